The van der Waals surface area contributed by atoms with E-state index in [2.05, 4.69) is 16.8 Å². The van der Waals surface area contributed by atoms with E-state index in [0.29, 0.717) is 48.5 Å². The minimum absolute atomic E-state index is 0.0923. The van der Waals surface area contributed by atoms with Crippen molar-refractivity contribution in [2.24, 2.45) is 0 Å². The number of fused-ring (bicyclic) bond motifs is 1. The van der Waals surface area contributed by atoms with Gasteiger partial charge in [-0.25, -0.2) is 0 Å². The Morgan fingerprint density at radius 3 is 2.41 bits per heavy atom. The van der Waals surface area contributed by atoms with Gasteiger partial charge in [0.1, 0.15) is 17.9 Å². The molecule has 0 unspecified atom stereocenters. The molecule has 1 aliphatic rings. The lowest BCUT2D eigenvalue weighted by Crippen LogP contribution is -2.38. The number of ketones is 1. The number of hydrogen-bond donors (Lipinski definition) is 1. The van der Waals surface area contributed by atoms with Crippen molar-refractivity contribution in [1.82, 2.24) is 4.90 Å². The van der Waals surface area contributed by atoms with Crippen LogP contribution in [0.15, 0.2) is 55.1 Å². The highest BCUT2D eigenvalue weighted by molar-refractivity contribution is 6.48. The Bertz CT molecular complexity index is 1400. The zero-order chi connectivity index (χ0) is 28.2. The summed E-state index contributed by atoms with van der Waals surface area (Å²) in [4.78, 5) is 28.5. The van der Waals surface area contributed by atoms with Gasteiger partial charge in [0.15, 0.2) is 5.75 Å². The molecule has 0 aliphatic carbocycles. The number of Topliss-reactive ketones (excluding diaryl/α,β-unsaturated/α-hetero) is 1. The van der Waals surface area contributed by atoms with Crippen molar-refractivity contribution >= 4 is 33.7 Å². The first kappa shape index (κ1) is 28.1. The number of benzene rings is 3. The highest BCUT2D eigenvalue weighted by Gasteiger charge is 2.36. The number of halogens is 3. The Balaban J connectivity index is 1.59. The number of carbonyl (C=O) groups excluding carboxylic acids is 2. The molecule has 4 rings (SSSR count). The molecule has 39 heavy (non-hydrogen) atoms. The largest absolute Gasteiger partial charge is 0.494 e. The number of alkyl halides is 3. The van der Waals surface area contributed by atoms with Gasteiger partial charge < -0.3 is 19.5 Å². The molecule has 1 N–H and O–H groups in total. The van der Waals surface area contributed by atoms with Gasteiger partial charge in [-0.3, -0.25) is 14.5 Å². The summed E-state index contributed by atoms with van der Waals surface area (Å²) in [7, 11) is 1.06. The van der Waals surface area contributed by atoms with Crippen LogP contribution in [0, 0.1) is 0 Å². The van der Waals surface area contributed by atoms with E-state index in [4.69, 9.17) is 14.2 Å². The van der Waals surface area contributed by atoms with E-state index in [1.807, 2.05) is 0 Å². The molecule has 0 saturated carbocycles. The van der Waals surface area contributed by atoms with Crippen molar-refractivity contribution in [1.29, 1.82) is 0 Å². The predicted octanol–water partition coefficient (Wildman–Crippen LogP) is 5.43. The molecular formula is C29H29F3N2O5. The molecule has 206 valence electrons. The molecule has 1 saturated heterocycles. The van der Waals surface area contributed by atoms with Gasteiger partial charge in [-0.15, -0.1) is 0 Å². The van der Waals surface area contributed by atoms with Crippen molar-refractivity contribution in [3.05, 3.63) is 71.8 Å². The van der Waals surface area contributed by atoms with Gasteiger partial charge in [0.05, 0.1) is 26.0 Å². The zero-order valence-corrected chi connectivity index (χ0v) is 21.7. The summed E-state index contributed by atoms with van der Waals surface area (Å²) in [5, 5.41) is 3.44. The van der Waals surface area contributed by atoms with Crippen LogP contribution in [0.2, 0.25) is 0 Å². The second-order valence-corrected chi connectivity index (χ2v) is 9.13. The minimum atomic E-state index is -4.76. The zero-order valence-electron chi connectivity index (χ0n) is 21.7. The summed E-state index contributed by atoms with van der Waals surface area (Å²) in [6.07, 6.45) is -4.76. The maximum absolute atomic E-state index is 13.7. The lowest BCUT2D eigenvalue weighted by molar-refractivity contribution is -0.138. The third-order valence-corrected chi connectivity index (χ3v) is 6.44. The van der Waals surface area contributed by atoms with E-state index in [0.717, 1.165) is 26.3 Å². The number of amides is 1. The van der Waals surface area contributed by atoms with Crippen LogP contribution in [-0.4, -0.2) is 63.2 Å². The number of ether oxygens (including phenoxy) is 3. The fourth-order valence-electron chi connectivity index (χ4n) is 4.40. The second-order valence-electron chi connectivity index (χ2n) is 9.13. The van der Waals surface area contributed by atoms with Crippen LogP contribution in [-0.2, 0) is 15.7 Å². The van der Waals surface area contributed by atoms with Gasteiger partial charge in [-0.2, -0.15) is 13.2 Å². The fraction of sp³-hybridized carbons (Fsp3) is 0.310. The molecule has 0 radical (unpaired) electrons. The van der Waals surface area contributed by atoms with E-state index >= 15 is 0 Å². The van der Waals surface area contributed by atoms with E-state index < -0.39 is 29.2 Å². The number of rotatable bonds is 9. The van der Waals surface area contributed by atoms with Gasteiger partial charge in [-0.05, 0) is 42.1 Å². The van der Waals surface area contributed by atoms with Crippen LogP contribution >= 0.6 is 0 Å². The number of methoxy groups -OCH3 is 1. The molecule has 1 aliphatic heterocycles. The molecule has 0 bridgehead atoms. The summed E-state index contributed by atoms with van der Waals surface area (Å²) in [6.45, 7) is 9.40. The molecule has 1 heterocycles. The summed E-state index contributed by atoms with van der Waals surface area (Å²) >= 11 is 0. The minimum Gasteiger partial charge on any atom is -0.494 e. The number of nitrogens with one attached hydrogen (secondary N) is 1. The fourth-order valence-corrected chi connectivity index (χ4v) is 4.40. The normalized spacial score (nSPS) is 14.2. The Kier molecular flexibility index (Phi) is 8.57. The summed E-state index contributed by atoms with van der Waals surface area (Å²) < 4.78 is 57.5. The quantitative estimate of drug-likeness (QED) is 0.287. The predicted molar refractivity (Wildman–Crippen MR) is 142 cm³/mol. The number of anilines is 1. The smallest absolute Gasteiger partial charge is 0.420 e. The van der Waals surface area contributed by atoms with Crippen molar-refractivity contribution in [3.63, 3.8) is 0 Å². The Morgan fingerprint density at radius 1 is 1.08 bits per heavy atom. The lowest BCUT2D eigenvalue weighted by Gasteiger charge is -2.26. The average Bonchev–Trinajstić information content (AvgIpc) is 2.92. The Hall–Kier alpha value is -3.89. The van der Waals surface area contributed by atoms with Crippen molar-refractivity contribution in [2.45, 2.75) is 13.1 Å². The first-order chi connectivity index (χ1) is 18.6. The van der Waals surface area contributed by atoms with Crippen LogP contribution in [0.1, 0.15) is 28.4 Å². The van der Waals surface area contributed by atoms with Crippen molar-refractivity contribution in [3.8, 4) is 11.5 Å². The molecule has 0 aromatic heterocycles. The third kappa shape index (κ3) is 6.40. The standard InChI is InChI=1S/C29H29F3N2O5/c1-18(2)19-16-23(29(30,31)32)27(37-3)24(17-19)33-28(36)26(35)22-8-9-25(21-7-5-4-6-20(21)22)39-15-12-34-10-13-38-14-11-34/h4-9,16-17H,1,10-15H2,2-3H3,(H,33,36). The van der Waals surface area contributed by atoms with Crippen LogP contribution in [0.3, 0.4) is 0 Å². The molecule has 7 nitrogen and oxygen atoms in total. The van der Waals surface area contributed by atoms with E-state index in [1.54, 1.807) is 30.3 Å². The molecule has 10 heteroatoms. The molecule has 0 atom stereocenters. The Morgan fingerprint density at radius 2 is 1.77 bits per heavy atom. The molecular weight excluding hydrogens is 513 g/mol. The monoisotopic (exact) mass is 542 g/mol. The maximum atomic E-state index is 13.7. The van der Waals surface area contributed by atoms with Crippen molar-refractivity contribution in [2.75, 3.05) is 51.9 Å². The SMILES string of the molecule is C=C(C)c1cc(NC(=O)C(=O)c2ccc(OCCN3CCOCC3)c3ccccc23)c(OC)c(C(F)(F)F)c1. The molecule has 0 spiro atoms. The van der Waals surface area contributed by atoms with Gasteiger partial charge in [0.25, 0.3) is 11.7 Å². The summed E-state index contributed by atoms with van der Waals surface area (Å²) in [5.41, 5.74) is -0.780. The highest BCUT2D eigenvalue weighted by Crippen LogP contribution is 2.42. The molecule has 3 aromatic carbocycles. The van der Waals surface area contributed by atoms with E-state index in [-0.39, 0.29) is 16.8 Å². The molecule has 1 fully saturated rings. The lowest BCUT2D eigenvalue weighted by atomic mass is 9.99. The van der Waals surface area contributed by atoms with E-state index in [9.17, 15) is 22.8 Å². The highest BCUT2D eigenvalue weighted by atomic mass is 19.4. The van der Waals surface area contributed by atoms with Crippen LogP contribution in [0.4, 0.5) is 18.9 Å². The third-order valence-electron chi connectivity index (χ3n) is 6.44. The van der Waals surface area contributed by atoms with Crippen molar-refractivity contribution < 1.29 is 37.0 Å². The summed E-state index contributed by atoms with van der Waals surface area (Å²) in [5.74, 6) is -2.06. The second kappa shape index (κ2) is 11.9. The molecule has 1 amide bonds. The van der Waals surface area contributed by atoms with Crippen LogP contribution in [0.5, 0.6) is 11.5 Å². The van der Waals surface area contributed by atoms with E-state index in [1.165, 1.54) is 19.1 Å². The van der Waals surface area contributed by atoms with Gasteiger partial charge in [0, 0.05) is 30.6 Å². The van der Waals surface area contributed by atoms with Gasteiger partial charge in [-0.1, -0.05) is 36.4 Å². The number of hydrogen-bond acceptors (Lipinski definition) is 6. The average molecular weight is 543 g/mol. The summed E-state index contributed by atoms with van der Waals surface area (Å²) in [6, 6.07) is 12.3. The van der Waals surface area contributed by atoms with Gasteiger partial charge in [0.2, 0.25) is 0 Å². The van der Waals surface area contributed by atoms with Gasteiger partial charge >= 0.3 is 6.18 Å². The number of carbonyl (C=O) groups is 2. The number of allylic oxidation sites excluding steroid dienone is 1. The first-order valence-corrected chi connectivity index (χ1v) is 12.4. The Labute approximate surface area is 224 Å². The maximum Gasteiger partial charge on any atom is 0.420 e. The topological polar surface area (TPSA) is 77.1 Å². The number of morpholine rings is 1. The van der Waals surface area contributed by atoms with Crippen LogP contribution < -0.4 is 14.8 Å². The van der Waals surface area contributed by atoms with Crippen LogP contribution in [0.25, 0.3) is 16.3 Å². The first-order valence-electron chi connectivity index (χ1n) is 12.4. The molecule has 3 aromatic rings. The number of nitrogens with zero attached hydrogens (tertiary/aromatic N) is 1.